The lowest BCUT2D eigenvalue weighted by Gasteiger charge is -2.39. The zero-order valence-electron chi connectivity index (χ0n) is 12.0. The first-order valence-electron chi connectivity index (χ1n) is 7.19. The summed E-state index contributed by atoms with van der Waals surface area (Å²) in [5, 5.41) is 3.27. The van der Waals surface area contributed by atoms with E-state index in [0.717, 1.165) is 38.8 Å². The van der Waals surface area contributed by atoms with Crippen molar-refractivity contribution in [1.29, 1.82) is 0 Å². The summed E-state index contributed by atoms with van der Waals surface area (Å²) in [5.74, 6) is 0.607. The first-order valence-corrected chi connectivity index (χ1v) is 8.80. The normalized spacial score (nSPS) is 31.5. The average molecular weight is 290 g/mol. The molecule has 2 fully saturated rings. The van der Waals surface area contributed by atoms with E-state index in [1.165, 1.54) is 0 Å². The third kappa shape index (κ3) is 3.90. The number of methoxy groups -OCH3 is 1. The Balaban J connectivity index is 1.98. The number of nitrogens with zero attached hydrogens (tertiary/aromatic N) is 1. The van der Waals surface area contributed by atoms with Crippen LogP contribution in [0.2, 0.25) is 0 Å². The quantitative estimate of drug-likeness (QED) is 0.833. The topological polar surface area (TPSA) is 58.6 Å². The molecule has 5 nitrogen and oxygen atoms in total. The smallest absolute Gasteiger partial charge is 0.214 e. The van der Waals surface area contributed by atoms with E-state index in [4.69, 9.17) is 4.74 Å². The summed E-state index contributed by atoms with van der Waals surface area (Å²) < 4.78 is 32.1. The molecule has 2 heterocycles. The minimum Gasteiger partial charge on any atom is -0.377 e. The zero-order valence-corrected chi connectivity index (χ0v) is 12.8. The largest absolute Gasteiger partial charge is 0.377 e. The molecule has 0 aromatic rings. The Bertz CT molecular complexity index is 393. The van der Waals surface area contributed by atoms with E-state index in [1.54, 1.807) is 11.4 Å². The van der Waals surface area contributed by atoms with Crippen LogP contribution < -0.4 is 5.32 Å². The third-order valence-electron chi connectivity index (χ3n) is 4.42. The van der Waals surface area contributed by atoms with Gasteiger partial charge in [0.1, 0.15) is 0 Å². The summed E-state index contributed by atoms with van der Waals surface area (Å²) in [6.07, 6.45) is 3.75. The Labute approximate surface area is 116 Å². The minimum absolute atomic E-state index is 0.300. The molecule has 0 saturated carbocycles. The Kier molecular flexibility index (Phi) is 4.87. The van der Waals surface area contributed by atoms with Gasteiger partial charge in [0.2, 0.25) is 10.0 Å². The van der Waals surface area contributed by atoms with Crippen LogP contribution in [0.5, 0.6) is 0 Å². The van der Waals surface area contributed by atoms with Gasteiger partial charge in [0, 0.05) is 20.2 Å². The molecule has 0 aromatic carbocycles. The van der Waals surface area contributed by atoms with Crippen molar-refractivity contribution in [2.24, 2.45) is 5.92 Å². The van der Waals surface area contributed by atoms with Crippen LogP contribution in [0.15, 0.2) is 0 Å². The fourth-order valence-electron chi connectivity index (χ4n) is 3.02. The van der Waals surface area contributed by atoms with Crippen LogP contribution in [-0.2, 0) is 14.8 Å². The molecule has 6 heteroatoms. The molecule has 0 bridgehead atoms. The monoisotopic (exact) mass is 290 g/mol. The predicted molar refractivity (Wildman–Crippen MR) is 75.6 cm³/mol. The number of piperidine rings is 2. The van der Waals surface area contributed by atoms with E-state index >= 15 is 0 Å². The van der Waals surface area contributed by atoms with Crippen LogP contribution in [0.1, 0.15) is 32.6 Å². The highest BCUT2D eigenvalue weighted by molar-refractivity contribution is 7.89. The second-order valence-corrected chi connectivity index (χ2v) is 8.08. The number of hydrogen-bond donors (Lipinski definition) is 1. The third-order valence-corrected chi connectivity index (χ3v) is 6.41. The molecule has 0 aliphatic carbocycles. The van der Waals surface area contributed by atoms with Crippen molar-refractivity contribution in [3.8, 4) is 0 Å². The van der Waals surface area contributed by atoms with Gasteiger partial charge in [-0.25, -0.2) is 8.42 Å². The van der Waals surface area contributed by atoms with Crippen LogP contribution in [0.4, 0.5) is 0 Å². The van der Waals surface area contributed by atoms with Gasteiger partial charge in [-0.3, -0.25) is 0 Å². The molecular weight excluding hydrogens is 264 g/mol. The highest BCUT2D eigenvalue weighted by Gasteiger charge is 2.37. The van der Waals surface area contributed by atoms with Gasteiger partial charge in [0.05, 0.1) is 11.4 Å². The molecule has 2 aliphatic heterocycles. The standard InChI is InChI=1S/C13H26N2O3S/c1-13(18-2)6-3-9-15(11-13)19(16,17)10-12-4-7-14-8-5-12/h12,14H,3-11H2,1-2H3. The summed E-state index contributed by atoms with van der Waals surface area (Å²) in [6.45, 7) is 5.02. The van der Waals surface area contributed by atoms with E-state index in [1.807, 2.05) is 6.92 Å². The second kappa shape index (κ2) is 6.08. The molecule has 2 aliphatic rings. The van der Waals surface area contributed by atoms with Crippen molar-refractivity contribution < 1.29 is 13.2 Å². The van der Waals surface area contributed by atoms with Crippen LogP contribution in [0.3, 0.4) is 0 Å². The average Bonchev–Trinajstić information content (AvgIpc) is 2.39. The minimum atomic E-state index is -3.14. The van der Waals surface area contributed by atoms with Crippen molar-refractivity contribution in [2.75, 3.05) is 39.0 Å². The Morgan fingerprint density at radius 3 is 2.68 bits per heavy atom. The van der Waals surface area contributed by atoms with Crippen LogP contribution >= 0.6 is 0 Å². The highest BCUT2D eigenvalue weighted by atomic mass is 32.2. The fraction of sp³-hybridized carbons (Fsp3) is 1.00. The summed E-state index contributed by atoms with van der Waals surface area (Å²) in [6, 6.07) is 0. The molecule has 0 radical (unpaired) electrons. The number of sulfonamides is 1. The van der Waals surface area contributed by atoms with E-state index in [2.05, 4.69) is 5.32 Å². The summed E-state index contributed by atoms with van der Waals surface area (Å²) >= 11 is 0. The molecule has 2 saturated heterocycles. The maximum atomic E-state index is 12.5. The molecule has 0 amide bonds. The number of rotatable bonds is 4. The second-order valence-electron chi connectivity index (χ2n) is 6.06. The molecule has 1 unspecified atom stereocenters. The lowest BCUT2D eigenvalue weighted by molar-refractivity contribution is -0.0320. The van der Waals surface area contributed by atoms with E-state index in [9.17, 15) is 8.42 Å². The summed E-state index contributed by atoms with van der Waals surface area (Å²) in [7, 11) is -1.47. The van der Waals surface area contributed by atoms with Crippen molar-refractivity contribution in [3.63, 3.8) is 0 Å². The number of nitrogens with one attached hydrogen (secondary N) is 1. The van der Waals surface area contributed by atoms with Gasteiger partial charge in [-0.1, -0.05) is 0 Å². The molecule has 1 N–H and O–H groups in total. The zero-order chi connectivity index (χ0) is 13.9. The van der Waals surface area contributed by atoms with E-state index < -0.39 is 10.0 Å². The molecule has 1 atom stereocenters. The number of hydrogen-bond acceptors (Lipinski definition) is 4. The lowest BCUT2D eigenvalue weighted by atomic mass is 9.96. The van der Waals surface area contributed by atoms with Crippen LogP contribution in [-0.4, -0.2) is 57.4 Å². The van der Waals surface area contributed by atoms with Gasteiger partial charge < -0.3 is 10.1 Å². The molecule has 19 heavy (non-hydrogen) atoms. The predicted octanol–water partition coefficient (Wildman–Crippen LogP) is 0.817. The van der Waals surface area contributed by atoms with Gasteiger partial charge in [0.15, 0.2) is 0 Å². The Morgan fingerprint density at radius 1 is 1.37 bits per heavy atom. The van der Waals surface area contributed by atoms with Crippen molar-refractivity contribution in [3.05, 3.63) is 0 Å². The summed E-state index contributed by atoms with van der Waals surface area (Å²) in [4.78, 5) is 0. The van der Waals surface area contributed by atoms with E-state index in [0.29, 0.717) is 24.8 Å². The van der Waals surface area contributed by atoms with Crippen molar-refractivity contribution in [1.82, 2.24) is 9.62 Å². The maximum Gasteiger partial charge on any atom is 0.214 e. The maximum absolute atomic E-state index is 12.5. The Morgan fingerprint density at radius 2 is 2.05 bits per heavy atom. The van der Waals surface area contributed by atoms with Crippen molar-refractivity contribution in [2.45, 2.75) is 38.2 Å². The summed E-state index contributed by atoms with van der Waals surface area (Å²) in [5.41, 5.74) is -0.320. The first kappa shape index (κ1) is 15.2. The lowest BCUT2D eigenvalue weighted by Crippen LogP contribution is -2.51. The van der Waals surface area contributed by atoms with Gasteiger partial charge in [-0.05, 0) is 51.6 Å². The molecule has 112 valence electrons. The van der Waals surface area contributed by atoms with E-state index in [-0.39, 0.29) is 5.60 Å². The molecule has 0 spiro atoms. The van der Waals surface area contributed by atoms with Crippen LogP contribution in [0.25, 0.3) is 0 Å². The van der Waals surface area contributed by atoms with Gasteiger partial charge >= 0.3 is 0 Å². The molecule has 2 rings (SSSR count). The Hall–Kier alpha value is -0.170. The SMILES string of the molecule is COC1(C)CCCN(S(=O)(=O)CC2CCNCC2)C1. The van der Waals surface area contributed by atoms with Crippen molar-refractivity contribution >= 4 is 10.0 Å². The number of ether oxygens (including phenoxy) is 1. The molecular formula is C13H26N2O3S. The van der Waals surface area contributed by atoms with Gasteiger partial charge in [-0.2, -0.15) is 4.31 Å². The van der Waals surface area contributed by atoms with Gasteiger partial charge in [0.25, 0.3) is 0 Å². The highest BCUT2D eigenvalue weighted by Crippen LogP contribution is 2.27. The van der Waals surface area contributed by atoms with Crippen LogP contribution in [0, 0.1) is 5.92 Å². The first-order chi connectivity index (χ1) is 8.95. The van der Waals surface area contributed by atoms with Gasteiger partial charge in [-0.15, -0.1) is 0 Å². The molecule has 0 aromatic heterocycles. The fourth-order valence-corrected chi connectivity index (χ4v) is 5.03.